The second kappa shape index (κ2) is 4.32. The third-order valence-corrected chi connectivity index (χ3v) is 2.99. The Morgan fingerprint density at radius 1 is 1.53 bits per heavy atom. The Labute approximate surface area is 90.3 Å². The molecular weight excluding hydrogens is 214 g/mol. The van der Waals surface area contributed by atoms with Crippen molar-refractivity contribution in [2.24, 2.45) is 5.14 Å². The van der Waals surface area contributed by atoms with Crippen molar-refractivity contribution >= 4 is 10.0 Å². The molecule has 86 valence electrons. The van der Waals surface area contributed by atoms with Gasteiger partial charge in [0, 0.05) is 12.6 Å². The number of aryl methyl sites for hydroxylation is 1. The monoisotopic (exact) mass is 231 g/mol. The lowest BCUT2D eigenvalue weighted by molar-refractivity contribution is 0.525. The lowest BCUT2D eigenvalue weighted by atomic mass is 10.1. The molecule has 1 aromatic heterocycles. The molecule has 0 spiro atoms. The third-order valence-electron chi connectivity index (χ3n) is 2.08. The van der Waals surface area contributed by atoms with Gasteiger partial charge in [0.25, 0.3) is 10.0 Å². The first-order chi connectivity index (χ1) is 6.86. The fourth-order valence-electron chi connectivity index (χ4n) is 1.30. The second-order valence-electron chi connectivity index (χ2n) is 3.83. The SMILES string of the molecule is CCCn1nc(C(C)C)cc1S(N)(=O)=O. The van der Waals surface area contributed by atoms with Crippen molar-refractivity contribution in [2.75, 3.05) is 0 Å². The number of hydrogen-bond donors (Lipinski definition) is 1. The number of aromatic nitrogens is 2. The van der Waals surface area contributed by atoms with Gasteiger partial charge >= 0.3 is 0 Å². The Bertz CT molecular complexity index is 434. The van der Waals surface area contributed by atoms with Crippen LogP contribution in [-0.2, 0) is 16.6 Å². The van der Waals surface area contributed by atoms with E-state index in [2.05, 4.69) is 5.10 Å². The summed E-state index contributed by atoms with van der Waals surface area (Å²) in [7, 11) is -3.67. The van der Waals surface area contributed by atoms with Gasteiger partial charge in [0.1, 0.15) is 0 Å². The molecule has 1 rings (SSSR count). The van der Waals surface area contributed by atoms with E-state index in [-0.39, 0.29) is 10.9 Å². The van der Waals surface area contributed by atoms with Crippen molar-refractivity contribution in [2.45, 2.75) is 44.7 Å². The molecule has 0 bridgehead atoms. The van der Waals surface area contributed by atoms with Crippen LogP contribution in [0.15, 0.2) is 11.1 Å². The molecule has 0 radical (unpaired) electrons. The molecule has 2 N–H and O–H groups in total. The number of nitrogens with two attached hydrogens (primary N) is 1. The van der Waals surface area contributed by atoms with Crippen molar-refractivity contribution in [3.8, 4) is 0 Å². The first-order valence-electron chi connectivity index (χ1n) is 4.96. The fourth-order valence-corrected chi connectivity index (χ4v) is 2.01. The molecule has 0 amide bonds. The van der Waals surface area contributed by atoms with Crippen molar-refractivity contribution in [3.63, 3.8) is 0 Å². The van der Waals surface area contributed by atoms with E-state index in [1.807, 2.05) is 20.8 Å². The van der Waals surface area contributed by atoms with Crippen LogP contribution in [0.1, 0.15) is 38.8 Å². The zero-order valence-electron chi connectivity index (χ0n) is 9.27. The van der Waals surface area contributed by atoms with E-state index < -0.39 is 10.0 Å². The third kappa shape index (κ3) is 2.79. The molecule has 0 fully saturated rings. The predicted molar refractivity (Wildman–Crippen MR) is 58.0 cm³/mol. The van der Waals surface area contributed by atoms with E-state index in [0.717, 1.165) is 12.1 Å². The summed E-state index contributed by atoms with van der Waals surface area (Å²) >= 11 is 0. The lowest BCUT2D eigenvalue weighted by Gasteiger charge is -2.02. The molecule has 5 nitrogen and oxygen atoms in total. The highest BCUT2D eigenvalue weighted by Gasteiger charge is 2.18. The van der Waals surface area contributed by atoms with E-state index in [1.54, 1.807) is 6.07 Å². The van der Waals surface area contributed by atoms with Gasteiger partial charge in [0.15, 0.2) is 5.03 Å². The van der Waals surface area contributed by atoms with Crippen LogP contribution >= 0.6 is 0 Å². The van der Waals surface area contributed by atoms with Crippen molar-refractivity contribution in [1.82, 2.24) is 9.78 Å². The highest BCUT2D eigenvalue weighted by atomic mass is 32.2. The summed E-state index contributed by atoms with van der Waals surface area (Å²) in [5.41, 5.74) is 0.757. The van der Waals surface area contributed by atoms with Crippen LogP contribution in [0.4, 0.5) is 0 Å². The summed E-state index contributed by atoms with van der Waals surface area (Å²) in [6.07, 6.45) is 0.821. The maximum absolute atomic E-state index is 11.3. The van der Waals surface area contributed by atoms with E-state index >= 15 is 0 Å². The predicted octanol–water partition coefficient (Wildman–Crippen LogP) is 1.06. The van der Waals surface area contributed by atoms with Gasteiger partial charge in [-0.15, -0.1) is 0 Å². The van der Waals surface area contributed by atoms with E-state index in [9.17, 15) is 8.42 Å². The minimum absolute atomic E-state index is 0.105. The molecule has 0 aliphatic heterocycles. The molecule has 15 heavy (non-hydrogen) atoms. The molecule has 6 heteroatoms. The van der Waals surface area contributed by atoms with E-state index in [4.69, 9.17) is 5.14 Å². The molecule has 0 aliphatic carbocycles. The van der Waals surface area contributed by atoms with Crippen molar-refractivity contribution in [3.05, 3.63) is 11.8 Å². The Morgan fingerprint density at radius 2 is 2.13 bits per heavy atom. The Hall–Kier alpha value is -0.880. The standard InChI is InChI=1S/C9H17N3O2S/c1-4-5-12-9(15(10,13)14)6-8(11-12)7(2)3/h6-7H,4-5H2,1-3H3,(H2,10,13,14). The molecule has 0 aromatic carbocycles. The van der Waals surface area contributed by atoms with Gasteiger partial charge in [-0.25, -0.2) is 13.6 Å². The lowest BCUT2D eigenvalue weighted by Crippen LogP contribution is -2.17. The van der Waals surface area contributed by atoms with Crippen LogP contribution in [0.2, 0.25) is 0 Å². The van der Waals surface area contributed by atoms with Gasteiger partial charge in [-0.3, -0.25) is 4.68 Å². The van der Waals surface area contributed by atoms with E-state index in [1.165, 1.54) is 4.68 Å². The minimum atomic E-state index is -3.67. The van der Waals surface area contributed by atoms with Gasteiger partial charge in [0.05, 0.1) is 5.69 Å². The number of primary sulfonamides is 1. The Morgan fingerprint density at radius 3 is 2.53 bits per heavy atom. The molecule has 0 atom stereocenters. The van der Waals surface area contributed by atoms with Gasteiger partial charge in [-0.2, -0.15) is 5.10 Å². The first kappa shape index (κ1) is 12.2. The minimum Gasteiger partial charge on any atom is -0.253 e. The Balaban J connectivity index is 3.24. The van der Waals surface area contributed by atoms with Crippen LogP contribution in [0, 0.1) is 0 Å². The molecule has 1 aromatic rings. The topological polar surface area (TPSA) is 78.0 Å². The van der Waals surface area contributed by atoms with Crippen molar-refractivity contribution in [1.29, 1.82) is 0 Å². The zero-order valence-corrected chi connectivity index (χ0v) is 10.1. The maximum atomic E-state index is 11.3. The van der Waals surface area contributed by atoms with Crippen LogP contribution < -0.4 is 5.14 Å². The van der Waals surface area contributed by atoms with Gasteiger partial charge < -0.3 is 0 Å². The molecule has 0 saturated carbocycles. The summed E-state index contributed by atoms with van der Waals surface area (Å²) in [4.78, 5) is 0. The van der Waals surface area contributed by atoms with Gasteiger partial charge in [-0.05, 0) is 12.3 Å². The normalized spacial score (nSPS) is 12.3. The summed E-state index contributed by atoms with van der Waals surface area (Å²) in [6, 6.07) is 1.55. The van der Waals surface area contributed by atoms with Crippen LogP contribution in [0.5, 0.6) is 0 Å². The van der Waals surface area contributed by atoms with Gasteiger partial charge in [-0.1, -0.05) is 20.8 Å². The zero-order chi connectivity index (χ0) is 11.6. The molecule has 0 aliphatic rings. The highest BCUT2D eigenvalue weighted by molar-refractivity contribution is 7.89. The number of rotatable bonds is 4. The average molecular weight is 231 g/mol. The van der Waals surface area contributed by atoms with Crippen molar-refractivity contribution < 1.29 is 8.42 Å². The van der Waals surface area contributed by atoms with Crippen LogP contribution in [0.25, 0.3) is 0 Å². The smallest absolute Gasteiger partial charge is 0.253 e. The summed E-state index contributed by atoms with van der Waals surface area (Å²) in [6.45, 7) is 6.46. The highest BCUT2D eigenvalue weighted by Crippen LogP contribution is 2.17. The van der Waals surface area contributed by atoms with Crippen LogP contribution in [0.3, 0.4) is 0 Å². The summed E-state index contributed by atoms with van der Waals surface area (Å²) in [5, 5.41) is 9.44. The molecular formula is C9H17N3O2S. The number of sulfonamides is 1. The largest absolute Gasteiger partial charge is 0.255 e. The van der Waals surface area contributed by atoms with Crippen LogP contribution in [-0.4, -0.2) is 18.2 Å². The summed E-state index contributed by atoms with van der Waals surface area (Å²) < 4.78 is 24.0. The average Bonchev–Trinajstić information content (AvgIpc) is 2.48. The quantitative estimate of drug-likeness (QED) is 0.841. The Kier molecular flexibility index (Phi) is 3.51. The first-order valence-corrected chi connectivity index (χ1v) is 6.51. The summed E-state index contributed by atoms with van der Waals surface area (Å²) in [5.74, 6) is 0.198. The second-order valence-corrected chi connectivity index (χ2v) is 5.34. The molecule has 0 saturated heterocycles. The molecule has 1 heterocycles. The van der Waals surface area contributed by atoms with Gasteiger partial charge in [0.2, 0.25) is 0 Å². The number of nitrogens with zero attached hydrogens (tertiary/aromatic N) is 2. The van der Waals surface area contributed by atoms with E-state index in [0.29, 0.717) is 6.54 Å². The fraction of sp³-hybridized carbons (Fsp3) is 0.667. The number of hydrogen-bond acceptors (Lipinski definition) is 3. The maximum Gasteiger partial charge on any atom is 0.255 e. The molecule has 0 unspecified atom stereocenters.